The molecule has 18 heavy (non-hydrogen) atoms. The minimum atomic E-state index is -1.67. The molecule has 1 rings (SSSR count). The summed E-state index contributed by atoms with van der Waals surface area (Å²) in [7, 11) is -1.67. The number of aliphatic hydroxyl groups excluding tert-OH is 1. The molecule has 0 aliphatic carbocycles. The second-order valence-corrected chi connectivity index (χ2v) is 11.3. The molecule has 0 radical (unpaired) electrons. The van der Waals surface area contributed by atoms with Crippen LogP contribution in [0.15, 0.2) is 24.3 Å². The first kappa shape index (κ1) is 15.4. The zero-order valence-electron chi connectivity index (χ0n) is 12.4. The Kier molecular flexibility index (Phi) is 4.76. The van der Waals surface area contributed by atoms with E-state index in [1.165, 1.54) is 5.56 Å². The van der Waals surface area contributed by atoms with Crippen molar-refractivity contribution in [2.24, 2.45) is 0 Å². The topological polar surface area (TPSA) is 29.5 Å². The summed E-state index contributed by atoms with van der Waals surface area (Å²) in [4.78, 5) is 0. The van der Waals surface area contributed by atoms with E-state index in [-0.39, 0.29) is 5.04 Å². The molecule has 102 valence electrons. The highest BCUT2D eigenvalue weighted by atomic mass is 28.4. The van der Waals surface area contributed by atoms with E-state index < -0.39 is 14.4 Å². The van der Waals surface area contributed by atoms with Gasteiger partial charge >= 0.3 is 0 Å². The van der Waals surface area contributed by atoms with Crippen LogP contribution in [-0.4, -0.2) is 13.4 Å². The minimum absolute atomic E-state index is 0.243. The number of hydrogen-bond donors (Lipinski definition) is 1. The van der Waals surface area contributed by atoms with Gasteiger partial charge in [-0.15, -0.1) is 0 Å². The monoisotopic (exact) mass is 266 g/mol. The van der Waals surface area contributed by atoms with Crippen molar-refractivity contribution in [2.45, 2.75) is 58.5 Å². The van der Waals surface area contributed by atoms with E-state index in [0.717, 1.165) is 5.56 Å². The smallest absolute Gasteiger partial charge is 0.192 e. The van der Waals surface area contributed by atoms with Gasteiger partial charge in [0.15, 0.2) is 8.32 Å². The molecule has 0 aliphatic rings. The maximum atomic E-state index is 9.46. The lowest BCUT2D eigenvalue weighted by atomic mass is 10.1. The first-order valence-corrected chi connectivity index (χ1v) is 9.45. The Hall–Kier alpha value is -0.643. The summed E-state index contributed by atoms with van der Waals surface area (Å²) in [5, 5.41) is 9.70. The molecule has 3 heteroatoms. The van der Waals surface area contributed by atoms with Gasteiger partial charge in [-0.25, -0.2) is 0 Å². The molecule has 1 aromatic carbocycles. The van der Waals surface area contributed by atoms with E-state index >= 15 is 0 Å². The van der Waals surface area contributed by atoms with Gasteiger partial charge in [0, 0.05) is 0 Å². The summed E-state index contributed by atoms with van der Waals surface area (Å²) < 4.78 is 6.16. The maximum Gasteiger partial charge on any atom is 0.192 e. The zero-order chi connectivity index (χ0) is 14.0. The largest absolute Gasteiger partial charge is 0.413 e. The lowest BCUT2D eigenvalue weighted by molar-refractivity contribution is 0.199. The van der Waals surface area contributed by atoms with E-state index in [0.29, 0.717) is 6.61 Å². The molecule has 2 nitrogen and oxygen atoms in total. The van der Waals surface area contributed by atoms with Crippen LogP contribution in [0.5, 0.6) is 0 Å². The molecule has 0 saturated carbocycles. The molecule has 1 unspecified atom stereocenters. The predicted molar refractivity (Wildman–Crippen MR) is 79.1 cm³/mol. The van der Waals surface area contributed by atoms with Crippen molar-refractivity contribution in [3.05, 3.63) is 35.4 Å². The molecule has 0 spiro atoms. The van der Waals surface area contributed by atoms with E-state index in [9.17, 15) is 5.11 Å². The van der Waals surface area contributed by atoms with Gasteiger partial charge in [0.05, 0.1) is 12.7 Å². The predicted octanol–water partition coefficient (Wildman–Crippen LogP) is 4.26. The van der Waals surface area contributed by atoms with Gasteiger partial charge in [0.2, 0.25) is 0 Å². The molecule has 0 heterocycles. The maximum absolute atomic E-state index is 9.46. The Morgan fingerprint density at radius 1 is 1.17 bits per heavy atom. The average molecular weight is 266 g/mol. The van der Waals surface area contributed by atoms with Crippen LogP contribution in [-0.2, 0) is 11.0 Å². The fraction of sp³-hybridized carbons (Fsp3) is 0.600. The van der Waals surface area contributed by atoms with Crippen LogP contribution < -0.4 is 0 Å². The summed E-state index contributed by atoms with van der Waals surface area (Å²) in [5.74, 6) is 0. The van der Waals surface area contributed by atoms with Crippen LogP contribution in [0.3, 0.4) is 0 Å². The third-order valence-electron chi connectivity index (χ3n) is 3.87. The lowest BCUT2D eigenvalue weighted by Crippen LogP contribution is -2.40. The summed E-state index contributed by atoms with van der Waals surface area (Å²) in [6, 6.07) is 8.01. The lowest BCUT2D eigenvalue weighted by Gasteiger charge is -2.36. The SMILES string of the molecule is CC(O)c1ccc(CO[Si](C)(C)C(C)(C)C)cc1. The van der Waals surface area contributed by atoms with E-state index in [1.54, 1.807) is 6.92 Å². The number of rotatable bonds is 4. The molecule has 0 saturated heterocycles. The second-order valence-electron chi connectivity index (χ2n) is 6.47. The molecule has 0 aliphatic heterocycles. The van der Waals surface area contributed by atoms with Crippen LogP contribution in [0.2, 0.25) is 18.1 Å². The van der Waals surface area contributed by atoms with Crippen LogP contribution in [0, 0.1) is 0 Å². The normalized spacial score (nSPS) is 14.6. The summed E-state index contributed by atoms with van der Waals surface area (Å²) in [6.07, 6.45) is -0.402. The highest BCUT2D eigenvalue weighted by Crippen LogP contribution is 2.37. The Labute approximate surface area is 112 Å². The first-order valence-electron chi connectivity index (χ1n) is 6.54. The molecular formula is C15H26O2Si. The van der Waals surface area contributed by atoms with E-state index in [2.05, 4.69) is 33.9 Å². The van der Waals surface area contributed by atoms with Gasteiger partial charge in [0.25, 0.3) is 0 Å². The van der Waals surface area contributed by atoms with Crippen molar-refractivity contribution in [2.75, 3.05) is 0 Å². The summed E-state index contributed by atoms with van der Waals surface area (Å²) >= 11 is 0. The van der Waals surface area contributed by atoms with Crippen molar-refractivity contribution in [3.8, 4) is 0 Å². The molecule has 1 N–H and O–H groups in total. The van der Waals surface area contributed by atoms with Gasteiger partial charge in [-0.2, -0.15) is 0 Å². The van der Waals surface area contributed by atoms with Crippen molar-refractivity contribution < 1.29 is 9.53 Å². The zero-order valence-corrected chi connectivity index (χ0v) is 13.4. The molecule has 1 aromatic rings. The Balaban J connectivity index is 2.64. The Morgan fingerprint density at radius 3 is 2.06 bits per heavy atom. The number of benzene rings is 1. The van der Waals surface area contributed by atoms with Gasteiger partial charge in [-0.3, -0.25) is 0 Å². The van der Waals surface area contributed by atoms with Crippen LogP contribution >= 0.6 is 0 Å². The molecule has 1 atom stereocenters. The van der Waals surface area contributed by atoms with Crippen molar-refractivity contribution >= 4 is 8.32 Å². The van der Waals surface area contributed by atoms with E-state index in [4.69, 9.17) is 4.43 Å². The van der Waals surface area contributed by atoms with E-state index in [1.807, 2.05) is 24.3 Å². The van der Waals surface area contributed by atoms with Crippen LogP contribution in [0.25, 0.3) is 0 Å². The highest BCUT2D eigenvalue weighted by molar-refractivity contribution is 6.74. The van der Waals surface area contributed by atoms with Crippen LogP contribution in [0.1, 0.15) is 44.9 Å². The van der Waals surface area contributed by atoms with Crippen molar-refractivity contribution in [1.82, 2.24) is 0 Å². The van der Waals surface area contributed by atoms with Crippen molar-refractivity contribution in [1.29, 1.82) is 0 Å². The quantitative estimate of drug-likeness (QED) is 0.825. The van der Waals surface area contributed by atoms with Crippen molar-refractivity contribution in [3.63, 3.8) is 0 Å². The van der Waals surface area contributed by atoms with Gasteiger partial charge in [-0.05, 0) is 36.2 Å². The fourth-order valence-electron chi connectivity index (χ4n) is 1.37. The Bertz CT molecular complexity index is 374. The molecule has 0 bridgehead atoms. The van der Waals surface area contributed by atoms with Crippen LogP contribution in [0.4, 0.5) is 0 Å². The minimum Gasteiger partial charge on any atom is -0.413 e. The average Bonchev–Trinajstić information content (AvgIpc) is 2.25. The third kappa shape index (κ3) is 3.94. The highest BCUT2D eigenvalue weighted by Gasteiger charge is 2.36. The summed E-state index contributed by atoms with van der Waals surface area (Å²) in [6.45, 7) is 13.7. The van der Waals surface area contributed by atoms with Gasteiger partial charge in [-0.1, -0.05) is 45.0 Å². The number of hydrogen-bond acceptors (Lipinski definition) is 2. The molecular weight excluding hydrogens is 240 g/mol. The molecule has 0 aromatic heterocycles. The third-order valence-corrected chi connectivity index (χ3v) is 8.35. The number of aliphatic hydroxyl groups is 1. The molecule has 0 amide bonds. The fourth-order valence-corrected chi connectivity index (χ4v) is 2.33. The first-order chi connectivity index (χ1) is 8.13. The summed E-state index contributed by atoms with van der Waals surface area (Å²) in [5.41, 5.74) is 2.12. The Morgan fingerprint density at radius 2 is 1.67 bits per heavy atom. The second kappa shape index (κ2) is 5.55. The van der Waals surface area contributed by atoms with Gasteiger partial charge in [0.1, 0.15) is 0 Å². The molecule has 0 fully saturated rings. The standard InChI is InChI=1S/C15H26O2Si/c1-12(16)14-9-7-13(8-10-14)11-17-18(5,6)15(2,3)4/h7-10,12,16H,11H2,1-6H3. The van der Waals surface area contributed by atoms with Gasteiger partial charge < -0.3 is 9.53 Å².